The number of nitrogens with zero attached hydrogens (tertiary/aromatic N) is 1. The van der Waals surface area contributed by atoms with E-state index in [1.54, 1.807) is 11.8 Å². The lowest BCUT2D eigenvalue weighted by atomic mass is 10.1. The van der Waals surface area contributed by atoms with Gasteiger partial charge >= 0.3 is 5.97 Å². The summed E-state index contributed by atoms with van der Waals surface area (Å²) in [6, 6.07) is 1.85. The van der Waals surface area contributed by atoms with Crippen LogP contribution in [0.3, 0.4) is 0 Å². The van der Waals surface area contributed by atoms with E-state index >= 15 is 0 Å². The van der Waals surface area contributed by atoms with Gasteiger partial charge in [-0.1, -0.05) is 6.92 Å². The smallest absolute Gasteiger partial charge is 0.341 e. The number of rotatable bonds is 5. The number of carbonyl (C=O) groups is 2. The van der Waals surface area contributed by atoms with Crippen LogP contribution in [-0.4, -0.2) is 30.8 Å². The van der Waals surface area contributed by atoms with Crippen molar-refractivity contribution in [1.82, 2.24) is 0 Å². The summed E-state index contributed by atoms with van der Waals surface area (Å²) in [5.41, 5.74) is 0.516. The van der Waals surface area contributed by atoms with Gasteiger partial charge in [0, 0.05) is 17.8 Å². The molecule has 0 bridgehead atoms. The van der Waals surface area contributed by atoms with Crippen molar-refractivity contribution in [1.29, 1.82) is 0 Å². The molecule has 1 saturated heterocycles. The van der Waals surface area contributed by atoms with E-state index in [-0.39, 0.29) is 17.8 Å². The summed E-state index contributed by atoms with van der Waals surface area (Å²) in [6.45, 7) is 4.79. The van der Waals surface area contributed by atoms with Crippen LogP contribution < -0.4 is 4.90 Å². The third-order valence-electron chi connectivity index (χ3n) is 3.32. The highest BCUT2D eigenvalue weighted by atomic mass is 32.1. The predicted octanol–water partition coefficient (Wildman–Crippen LogP) is 2.77. The summed E-state index contributed by atoms with van der Waals surface area (Å²) in [4.78, 5) is 27.0. The molecule has 110 valence electrons. The summed E-state index contributed by atoms with van der Waals surface area (Å²) in [7, 11) is 0. The highest BCUT2D eigenvalue weighted by Gasteiger charge is 2.33. The molecule has 0 N–H and O–H groups in total. The molecule has 0 radical (unpaired) electrons. The summed E-state index contributed by atoms with van der Waals surface area (Å²) >= 11 is 5.77. The molecule has 1 aromatic rings. The molecule has 1 fully saturated rings. The predicted molar refractivity (Wildman–Crippen MR) is 84.0 cm³/mol. The van der Waals surface area contributed by atoms with Crippen LogP contribution in [0.4, 0.5) is 5.00 Å². The number of amides is 1. The molecule has 1 aliphatic rings. The minimum absolute atomic E-state index is 0.0686. The first-order chi connectivity index (χ1) is 9.60. The Morgan fingerprint density at radius 2 is 2.30 bits per heavy atom. The maximum absolute atomic E-state index is 12.1. The fraction of sp³-hybridized carbons (Fsp3) is 0.571. The Hall–Kier alpha value is -1.01. The summed E-state index contributed by atoms with van der Waals surface area (Å²) < 4.78 is 5.09. The average Bonchev–Trinajstić information content (AvgIpc) is 3.01. The van der Waals surface area contributed by atoms with Crippen LogP contribution in [0.25, 0.3) is 0 Å². The van der Waals surface area contributed by atoms with E-state index in [1.165, 1.54) is 11.3 Å². The Kier molecular flexibility index (Phi) is 5.10. The molecule has 1 unspecified atom stereocenters. The minimum Gasteiger partial charge on any atom is -0.462 e. The molecule has 0 aliphatic carbocycles. The van der Waals surface area contributed by atoms with Gasteiger partial charge in [0.15, 0.2) is 0 Å². The highest BCUT2D eigenvalue weighted by Crippen LogP contribution is 2.36. The first kappa shape index (κ1) is 15.4. The van der Waals surface area contributed by atoms with Gasteiger partial charge in [0.1, 0.15) is 5.00 Å². The largest absolute Gasteiger partial charge is 0.462 e. The lowest BCUT2D eigenvalue weighted by Crippen LogP contribution is -2.25. The molecule has 1 amide bonds. The van der Waals surface area contributed by atoms with E-state index in [1.807, 2.05) is 13.0 Å². The molecule has 1 atom stereocenters. The topological polar surface area (TPSA) is 46.6 Å². The lowest BCUT2D eigenvalue weighted by Gasteiger charge is -2.16. The van der Waals surface area contributed by atoms with Crippen molar-refractivity contribution in [3.05, 3.63) is 16.5 Å². The van der Waals surface area contributed by atoms with Crippen molar-refractivity contribution in [2.24, 2.45) is 5.92 Å². The zero-order valence-corrected chi connectivity index (χ0v) is 13.4. The number of aryl methyl sites for hydroxylation is 1. The first-order valence-electron chi connectivity index (χ1n) is 6.81. The SMILES string of the molecule is CCOC(=O)c1cc(CC)sc1N1CC(CS)CC1=O. The van der Waals surface area contributed by atoms with E-state index in [0.717, 1.165) is 16.3 Å². The quantitative estimate of drug-likeness (QED) is 0.671. The van der Waals surface area contributed by atoms with Crippen LogP contribution in [0.15, 0.2) is 6.07 Å². The van der Waals surface area contributed by atoms with Crippen molar-refractivity contribution in [2.75, 3.05) is 23.8 Å². The molecule has 1 aliphatic heterocycles. The number of thiol groups is 1. The molecule has 1 aromatic heterocycles. The molecule has 0 saturated carbocycles. The molecule has 0 spiro atoms. The first-order valence-corrected chi connectivity index (χ1v) is 8.26. The number of ether oxygens (including phenoxy) is 1. The Morgan fingerprint density at radius 1 is 1.55 bits per heavy atom. The van der Waals surface area contributed by atoms with Gasteiger partial charge in [-0.05, 0) is 31.1 Å². The van der Waals surface area contributed by atoms with Gasteiger partial charge in [0.2, 0.25) is 5.91 Å². The van der Waals surface area contributed by atoms with Gasteiger partial charge in [-0.25, -0.2) is 4.79 Å². The maximum atomic E-state index is 12.1. The number of thiophene rings is 1. The molecular weight excluding hydrogens is 294 g/mol. The fourth-order valence-corrected chi connectivity index (χ4v) is 3.61. The molecule has 0 aromatic carbocycles. The summed E-state index contributed by atoms with van der Waals surface area (Å²) in [6.07, 6.45) is 1.35. The molecule has 2 heterocycles. The average molecular weight is 313 g/mol. The van der Waals surface area contributed by atoms with Crippen LogP contribution in [0.1, 0.15) is 35.5 Å². The van der Waals surface area contributed by atoms with Crippen LogP contribution in [-0.2, 0) is 16.0 Å². The molecule has 4 nitrogen and oxygen atoms in total. The third-order valence-corrected chi connectivity index (χ3v) is 5.13. The van der Waals surface area contributed by atoms with Gasteiger partial charge in [0.25, 0.3) is 0 Å². The highest BCUT2D eigenvalue weighted by molar-refractivity contribution is 7.80. The lowest BCUT2D eigenvalue weighted by molar-refractivity contribution is -0.117. The Labute approximate surface area is 128 Å². The van der Waals surface area contributed by atoms with E-state index in [2.05, 4.69) is 12.6 Å². The van der Waals surface area contributed by atoms with E-state index in [9.17, 15) is 9.59 Å². The monoisotopic (exact) mass is 313 g/mol. The Bertz CT molecular complexity index is 513. The van der Waals surface area contributed by atoms with Gasteiger partial charge in [-0.2, -0.15) is 12.6 Å². The number of esters is 1. The van der Waals surface area contributed by atoms with Crippen molar-refractivity contribution in [2.45, 2.75) is 26.7 Å². The van der Waals surface area contributed by atoms with Crippen LogP contribution in [0.5, 0.6) is 0 Å². The second-order valence-electron chi connectivity index (χ2n) is 4.76. The van der Waals surface area contributed by atoms with E-state index < -0.39 is 0 Å². The number of anilines is 1. The molecule has 20 heavy (non-hydrogen) atoms. The van der Waals surface area contributed by atoms with Gasteiger partial charge in [-0.15, -0.1) is 11.3 Å². The second-order valence-corrected chi connectivity index (χ2v) is 6.24. The van der Waals surface area contributed by atoms with Gasteiger partial charge in [0.05, 0.1) is 12.2 Å². The van der Waals surface area contributed by atoms with Crippen LogP contribution in [0, 0.1) is 5.92 Å². The third kappa shape index (κ3) is 3.01. The summed E-state index contributed by atoms with van der Waals surface area (Å²) in [5.74, 6) is 0.663. The zero-order chi connectivity index (χ0) is 14.7. The van der Waals surface area contributed by atoms with Crippen molar-refractivity contribution >= 4 is 40.8 Å². The molecular formula is C14H19NO3S2. The maximum Gasteiger partial charge on any atom is 0.341 e. The summed E-state index contributed by atoms with van der Waals surface area (Å²) in [5, 5.41) is 0.731. The van der Waals surface area contributed by atoms with E-state index in [4.69, 9.17) is 4.74 Å². The van der Waals surface area contributed by atoms with Gasteiger partial charge < -0.3 is 9.64 Å². The Morgan fingerprint density at radius 3 is 2.85 bits per heavy atom. The number of hydrogen-bond acceptors (Lipinski definition) is 5. The second kappa shape index (κ2) is 6.63. The standard InChI is InChI=1S/C14H19NO3S2/c1-3-10-6-11(14(17)18-4-2)13(20-10)15-7-9(8-19)5-12(15)16/h6,9,19H,3-5,7-8H2,1-2H3. The van der Waals surface area contributed by atoms with Crippen molar-refractivity contribution in [3.8, 4) is 0 Å². The number of carbonyl (C=O) groups excluding carboxylic acids is 2. The van der Waals surface area contributed by atoms with Gasteiger partial charge in [-0.3, -0.25) is 4.79 Å². The normalized spacial score (nSPS) is 18.6. The van der Waals surface area contributed by atoms with Crippen LogP contribution >= 0.6 is 24.0 Å². The molecule has 6 heteroatoms. The Balaban J connectivity index is 2.32. The van der Waals surface area contributed by atoms with Crippen molar-refractivity contribution < 1.29 is 14.3 Å². The van der Waals surface area contributed by atoms with E-state index in [0.29, 0.717) is 30.9 Å². The zero-order valence-electron chi connectivity index (χ0n) is 11.7. The fourth-order valence-electron chi connectivity index (χ4n) is 2.26. The van der Waals surface area contributed by atoms with Crippen LogP contribution in [0.2, 0.25) is 0 Å². The number of hydrogen-bond donors (Lipinski definition) is 1. The minimum atomic E-state index is -0.347. The molecule has 2 rings (SSSR count). The van der Waals surface area contributed by atoms with Crippen molar-refractivity contribution in [3.63, 3.8) is 0 Å².